The molecule has 0 atom stereocenters. The van der Waals surface area contributed by atoms with Crippen LogP contribution in [0.1, 0.15) is 23.1 Å². The molecule has 0 aliphatic heterocycles. The zero-order chi connectivity index (χ0) is 17.1. The summed E-state index contributed by atoms with van der Waals surface area (Å²) in [5.41, 5.74) is 1.19. The van der Waals surface area contributed by atoms with Gasteiger partial charge >= 0.3 is 0 Å². The molecule has 0 saturated heterocycles. The molecule has 0 bridgehead atoms. The lowest BCUT2D eigenvalue weighted by atomic mass is 10.3. The van der Waals surface area contributed by atoms with Crippen molar-refractivity contribution >= 4 is 17.5 Å². The first-order valence-electron chi connectivity index (χ1n) is 7.55. The molecule has 8 nitrogen and oxygen atoms in total. The van der Waals surface area contributed by atoms with Crippen molar-refractivity contribution in [1.82, 2.24) is 34.2 Å². The Balaban J connectivity index is 1.69. The molecule has 3 heterocycles. The van der Waals surface area contributed by atoms with Gasteiger partial charge in [0.15, 0.2) is 0 Å². The molecule has 0 aliphatic rings. The third kappa shape index (κ3) is 3.33. The summed E-state index contributed by atoms with van der Waals surface area (Å²) in [6.07, 6.45) is 6.89. The lowest BCUT2D eigenvalue weighted by molar-refractivity contribution is 0.0774. The van der Waals surface area contributed by atoms with Gasteiger partial charge in [-0.1, -0.05) is 11.6 Å². The van der Waals surface area contributed by atoms with Gasteiger partial charge in [0, 0.05) is 32.2 Å². The Morgan fingerprint density at radius 2 is 2.12 bits per heavy atom. The van der Waals surface area contributed by atoms with Gasteiger partial charge in [0.05, 0.1) is 23.5 Å². The number of aryl methyl sites for hydroxylation is 1. The zero-order valence-corrected chi connectivity index (χ0v) is 14.3. The molecule has 0 N–H and O–H groups in total. The predicted octanol–water partition coefficient (Wildman–Crippen LogP) is 1.73. The van der Waals surface area contributed by atoms with Crippen LogP contribution in [0, 0.1) is 0 Å². The fraction of sp³-hybridized carbons (Fsp3) is 0.333. The monoisotopic (exact) mass is 347 g/mol. The van der Waals surface area contributed by atoms with Crippen LogP contribution in [-0.4, -0.2) is 47.2 Å². The number of amides is 1. The van der Waals surface area contributed by atoms with E-state index in [1.54, 1.807) is 50.6 Å². The number of aromatic nitrogens is 6. The Hall–Kier alpha value is -2.61. The molecule has 0 aliphatic carbocycles. The molecule has 0 radical (unpaired) electrons. The number of hydrogen-bond donors (Lipinski definition) is 0. The van der Waals surface area contributed by atoms with Crippen LogP contribution in [0.5, 0.6) is 0 Å². The summed E-state index contributed by atoms with van der Waals surface area (Å²) < 4.78 is 5.17. The molecular formula is C15H18ClN7O. The third-order valence-corrected chi connectivity index (χ3v) is 3.96. The van der Waals surface area contributed by atoms with Gasteiger partial charge in [-0.2, -0.15) is 15.3 Å². The molecule has 0 spiro atoms. The van der Waals surface area contributed by atoms with Gasteiger partial charge in [-0.25, -0.2) is 0 Å². The molecule has 0 unspecified atom stereocenters. The minimum absolute atomic E-state index is 0.172. The second-order valence-electron chi connectivity index (χ2n) is 5.34. The molecule has 24 heavy (non-hydrogen) atoms. The fourth-order valence-corrected chi connectivity index (χ4v) is 2.60. The second kappa shape index (κ2) is 6.88. The highest BCUT2D eigenvalue weighted by Crippen LogP contribution is 2.17. The van der Waals surface area contributed by atoms with E-state index in [1.165, 1.54) is 0 Å². The average Bonchev–Trinajstić information content (AvgIpc) is 3.30. The Kier molecular flexibility index (Phi) is 4.66. The third-order valence-electron chi connectivity index (χ3n) is 3.64. The molecule has 1 amide bonds. The minimum atomic E-state index is -0.172. The topological polar surface area (TPSA) is 73.8 Å². The van der Waals surface area contributed by atoms with E-state index >= 15 is 0 Å². The number of hydrogen-bond acceptors (Lipinski definition) is 4. The number of nitrogens with zero attached hydrogens (tertiary/aromatic N) is 7. The van der Waals surface area contributed by atoms with Crippen molar-refractivity contribution in [2.75, 3.05) is 7.05 Å². The Morgan fingerprint density at radius 1 is 1.29 bits per heavy atom. The van der Waals surface area contributed by atoms with Gasteiger partial charge in [-0.05, 0) is 19.1 Å². The van der Waals surface area contributed by atoms with E-state index in [1.807, 2.05) is 19.2 Å². The van der Waals surface area contributed by atoms with Crippen molar-refractivity contribution < 1.29 is 4.79 Å². The van der Waals surface area contributed by atoms with Crippen molar-refractivity contribution in [1.29, 1.82) is 0 Å². The maximum atomic E-state index is 12.6. The van der Waals surface area contributed by atoms with Crippen molar-refractivity contribution in [2.24, 2.45) is 0 Å². The van der Waals surface area contributed by atoms with Gasteiger partial charge in [-0.15, -0.1) is 0 Å². The summed E-state index contributed by atoms with van der Waals surface area (Å²) in [5, 5.41) is 13.2. The number of carbonyl (C=O) groups excluding carboxylic acids is 1. The van der Waals surface area contributed by atoms with E-state index in [9.17, 15) is 4.79 Å². The Morgan fingerprint density at radius 3 is 2.83 bits per heavy atom. The van der Waals surface area contributed by atoms with Crippen LogP contribution in [0.25, 0.3) is 0 Å². The molecule has 3 rings (SSSR count). The van der Waals surface area contributed by atoms with E-state index in [2.05, 4.69) is 15.3 Å². The summed E-state index contributed by atoms with van der Waals surface area (Å²) in [5.74, 6) is -0.172. The highest BCUT2D eigenvalue weighted by molar-refractivity contribution is 6.31. The first kappa shape index (κ1) is 16.3. The maximum absolute atomic E-state index is 12.6. The van der Waals surface area contributed by atoms with Gasteiger partial charge in [0.25, 0.3) is 5.91 Å². The van der Waals surface area contributed by atoms with Crippen LogP contribution in [0.3, 0.4) is 0 Å². The van der Waals surface area contributed by atoms with Crippen LogP contribution in [-0.2, 0) is 19.8 Å². The lowest BCUT2D eigenvalue weighted by Gasteiger charge is -2.17. The van der Waals surface area contributed by atoms with Gasteiger partial charge in [0.2, 0.25) is 0 Å². The summed E-state index contributed by atoms with van der Waals surface area (Å²) in [6, 6.07) is 3.53. The normalized spacial score (nSPS) is 11.0. The van der Waals surface area contributed by atoms with E-state index < -0.39 is 0 Å². The molecular weight excluding hydrogens is 330 g/mol. The van der Waals surface area contributed by atoms with E-state index in [0.717, 1.165) is 5.69 Å². The number of halogens is 1. The highest BCUT2D eigenvalue weighted by Gasteiger charge is 2.18. The SMILES string of the molecule is CCn1ncc(Cl)c1CN(C)C(=O)c1ccn(Cn2cccn2)n1. The lowest BCUT2D eigenvalue weighted by Crippen LogP contribution is -2.28. The van der Waals surface area contributed by atoms with Crippen LogP contribution < -0.4 is 0 Å². The number of carbonyl (C=O) groups is 1. The van der Waals surface area contributed by atoms with Crippen molar-refractivity contribution in [3.63, 3.8) is 0 Å². The number of rotatable bonds is 6. The van der Waals surface area contributed by atoms with Crippen LogP contribution in [0.4, 0.5) is 0 Å². The largest absolute Gasteiger partial charge is 0.334 e. The van der Waals surface area contributed by atoms with Gasteiger partial charge in [-0.3, -0.25) is 18.8 Å². The van der Waals surface area contributed by atoms with Crippen LogP contribution in [0.15, 0.2) is 36.9 Å². The van der Waals surface area contributed by atoms with Gasteiger partial charge < -0.3 is 4.90 Å². The first-order valence-corrected chi connectivity index (χ1v) is 7.92. The van der Waals surface area contributed by atoms with Crippen LogP contribution >= 0.6 is 11.6 Å². The molecule has 126 valence electrons. The molecule has 9 heteroatoms. The molecule has 3 aromatic heterocycles. The fourth-order valence-electron chi connectivity index (χ4n) is 2.40. The summed E-state index contributed by atoms with van der Waals surface area (Å²) in [7, 11) is 1.72. The highest BCUT2D eigenvalue weighted by atomic mass is 35.5. The van der Waals surface area contributed by atoms with Gasteiger partial charge in [0.1, 0.15) is 12.4 Å². The smallest absolute Gasteiger partial charge is 0.274 e. The van der Waals surface area contributed by atoms with Crippen molar-refractivity contribution in [3.05, 3.63) is 53.3 Å². The zero-order valence-electron chi connectivity index (χ0n) is 13.5. The summed E-state index contributed by atoms with van der Waals surface area (Å²) in [4.78, 5) is 14.1. The minimum Gasteiger partial charge on any atom is -0.334 e. The van der Waals surface area contributed by atoms with E-state index in [4.69, 9.17) is 11.6 Å². The standard InChI is InChI=1S/C15H18ClN7O/c1-3-23-14(12(16)9-18-23)10-20(2)15(24)13-5-8-22(19-13)11-21-7-4-6-17-21/h4-9H,3,10-11H2,1-2H3. The molecule has 0 aromatic carbocycles. The molecule has 0 fully saturated rings. The summed E-state index contributed by atoms with van der Waals surface area (Å²) >= 11 is 6.15. The van der Waals surface area contributed by atoms with Crippen molar-refractivity contribution in [2.45, 2.75) is 26.7 Å². The van der Waals surface area contributed by atoms with Crippen molar-refractivity contribution in [3.8, 4) is 0 Å². The Bertz CT molecular complexity index is 821. The van der Waals surface area contributed by atoms with E-state index in [0.29, 0.717) is 30.5 Å². The second-order valence-corrected chi connectivity index (χ2v) is 5.75. The van der Waals surface area contributed by atoms with Crippen LogP contribution in [0.2, 0.25) is 5.02 Å². The quantitative estimate of drug-likeness (QED) is 0.680. The molecule has 3 aromatic rings. The first-order chi connectivity index (χ1) is 11.6. The molecule has 0 saturated carbocycles. The average molecular weight is 348 g/mol. The van der Waals surface area contributed by atoms with E-state index in [-0.39, 0.29) is 5.91 Å². The predicted molar refractivity (Wildman–Crippen MR) is 88.6 cm³/mol. The Labute approximate surface area is 144 Å². The maximum Gasteiger partial charge on any atom is 0.274 e. The summed E-state index contributed by atoms with van der Waals surface area (Å²) in [6.45, 7) is 3.50.